The lowest BCUT2D eigenvalue weighted by Gasteiger charge is -2.34. The van der Waals surface area contributed by atoms with Crippen molar-refractivity contribution in [1.82, 2.24) is 5.32 Å². The van der Waals surface area contributed by atoms with Crippen molar-refractivity contribution in [2.75, 3.05) is 13.1 Å². The molecule has 1 aliphatic heterocycles. The van der Waals surface area contributed by atoms with Crippen LogP contribution in [0.3, 0.4) is 0 Å². The van der Waals surface area contributed by atoms with Crippen molar-refractivity contribution >= 4 is 17.4 Å². The summed E-state index contributed by atoms with van der Waals surface area (Å²) in [6.45, 7) is 6.13. The molecule has 1 N–H and O–H groups in total. The Morgan fingerprint density at radius 2 is 1.71 bits per heavy atom. The Labute approximate surface area is 107 Å². The summed E-state index contributed by atoms with van der Waals surface area (Å²) in [5.74, 6) is 1.16. The van der Waals surface area contributed by atoms with Crippen molar-refractivity contribution in [2.24, 2.45) is 17.8 Å². The van der Waals surface area contributed by atoms with Crippen molar-refractivity contribution < 1.29 is 4.79 Å². The number of benzene rings is 1. The average Bonchev–Trinajstić information content (AvgIpc) is 2.29. The summed E-state index contributed by atoms with van der Waals surface area (Å²) in [5.41, 5.74) is 0.778. The number of halogens is 1. The van der Waals surface area contributed by atoms with Gasteiger partial charge in [-0.05, 0) is 49.2 Å². The second kappa shape index (κ2) is 5.19. The molecule has 0 saturated carbocycles. The van der Waals surface area contributed by atoms with E-state index >= 15 is 0 Å². The molecule has 2 rings (SSSR count). The summed E-state index contributed by atoms with van der Waals surface area (Å²) in [4.78, 5) is 12.5. The minimum absolute atomic E-state index is 0.123. The molecule has 0 aromatic heterocycles. The highest BCUT2D eigenvalue weighted by atomic mass is 35.5. The van der Waals surface area contributed by atoms with E-state index in [0.29, 0.717) is 16.9 Å². The third-order valence-electron chi connectivity index (χ3n) is 3.59. The summed E-state index contributed by atoms with van der Waals surface area (Å²) >= 11 is 5.84. The Morgan fingerprint density at radius 1 is 1.18 bits per heavy atom. The minimum Gasteiger partial charge on any atom is -0.316 e. The molecule has 2 unspecified atom stereocenters. The van der Waals surface area contributed by atoms with Crippen molar-refractivity contribution in [3.63, 3.8) is 0 Å². The van der Waals surface area contributed by atoms with Crippen LogP contribution in [0.4, 0.5) is 0 Å². The summed E-state index contributed by atoms with van der Waals surface area (Å²) in [6, 6.07) is 7.22. The number of carbonyl (C=O) groups is 1. The molecule has 1 heterocycles. The molecule has 3 heteroatoms. The number of Topliss-reactive ketones (excluding diaryl/α,β-unsaturated/α-hetero) is 1. The predicted molar refractivity (Wildman–Crippen MR) is 70.5 cm³/mol. The summed E-state index contributed by atoms with van der Waals surface area (Å²) < 4.78 is 0. The monoisotopic (exact) mass is 251 g/mol. The lowest BCUT2D eigenvalue weighted by molar-refractivity contribution is 0.0779. The quantitative estimate of drug-likeness (QED) is 0.819. The highest BCUT2D eigenvalue weighted by molar-refractivity contribution is 6.30. The van der Waals surface area contributed by atoms with Gasteiger partial charge in [0, 0.05) is 16.5 Å². The normalized spacial score (nSPS) is 29.0. The van der Waals surface area contributed by atoms with Crippen molar-refractivity contribution in [2.45, 2.75) is 13.8 Å². The largest absolute Gasteiger partial charge is 0.316 e. The van der Waals surface area contributed by atoms with Crippen LogP contribution >= 0.6 is 11.6 Å². The number of carbonyl (C=O) groups excluding carboxylic acids is 1. The predicted octanol–water partition coefficient (Wildman–Crippen LogP) is 3.01. The van der Waals surface area contributed by atoms with Gasteiger partial charge in [0.1, 0.15) is 0 Å². The fourth-order valence-corrected chi connectivity index (χ4v) is 2.80. The number of ketones is 1. The molecule has 92 valence electrons. The molecule has 0 amide bonds. The molecule has 1 saturated heterocycles. The van der Waals surface area contributed by atoms with Gasteiger partial charge in [0.05, 0.1) is 0 Å². The van der Waals surface area contributed by atoms with E-state index in [-0.39, 0.29) is 11.7 Å². The maximum Gasteiger partial charge on any atom is 0.166 e. The molecule has 1 aliphatic rings. The van der Waals surface area contributed by atoms with Crippen molar-refractivity contribution in [3.05, 3.63) is 34.9 Å². The molecule has 1 aromatic carbocycles. The van der Waals surface area contributed by atoms with E-state index in [9.17, 15) is 4.79 Å². The van der Waals surface area contributed by atoms with Gasteiger partial charge in [-0.1, -0.05) is 25.4 Å². The fourth-order valence-electron chi connectivity index (χ4n) is 2.68. The summed E-state index contributed by atoms with van der Waals surface area (Å²) in [6.07, 6.45) is 0. The van der Waals surface area contributed by atoms with Crippen LogP contribution in [0, 0.1) is 17.8 Å². The number of hydrogen-bond donors (Lipinski definition) is 1. The molecular weight excluding hydrogens is 234 g/mol. The first kappa shape index (κ1) is 12.6. The Balaban J connectivity index is 2.20. The minimum atomic E-state index is 0.123. The second-order valence-electron chi connectivity index (χ2n) is 5.01. The van der Waals surface area contributed by atoms with Gasteiger partial charge in [-0.15, -0.1) is 0 Å². The first-order valence-electron chi connectivity index (χ1n) is 6.10. The Bertz CT molecular complexity index is 391. The Hall–Kier alpha value is -0.860. The van der Waals surface area contributed by atoms with Gasteiger partial charge in [-0.2, -0.15) is 0 Å². The molecule has 1 fully saturated rings. The third-order valence-corrected chi connectivity index (χ3v) is 3.84. The molecule has 2 atom stereocenters. The van der Waals surface area contributed by atoms with E-state index in [2.05, 4.69) is 19.2 Å². The van der Waals surface area contributed by atoms with E-state index in [1.54, 1.807) is 12.1 Å². The Morgan fingerprint density at radius 3 is 2.24 bits per heavy atom. The zero-order chi connectivity index (χ0) is 12.4. The standard InChI is InChI=1S/C14H18ClNO/c1-9-7-16-8-10(2)13(9)14(17)11-3-5-12(15)6-4-11/h3-6,9-10,13,16H,7-8H2,1-2H3. The second-order valence-corrected chi connectivity index (χ2v) is 5.45. The first-order chi connectivity index (χ1) is 8.09. The van der Waals surface area contributed by atoms with Gasteiger partial charge in [0.2, 0.25) is 0 Å². The van der Waals surface area contributed by atoms with Crippen LogP contribution in [0.5, 0.6) is 0 Å². The molecule has 1 aromatic rings. The SMILES string of the molecule is CC1CNCC(C)C1C(=O)c1ccc(Cl)cc1. The van der Waals surface area contributed by atoms with E-state index in [1.165, 1.54) is 0 Å². The number of piperidine rings is 1. The lowest BCUT2D eigenvalue weighted by Crippen LogP contribution is -2.44. The van der Waals surface area contributed by atoms with Crippen molar-refractivity contribution in [1.29, 1.82) is 0 Å². The molecule has 0 spiro atoms. The average molecular weight is 252 g/mol. The highest BCUT2D eigenvalue weighted by Gasteiger charge is 2.33. The van der Waals surface area contributed by atoms with Gasteiger partial charge in [-0.3, -0.25) is 4.79 Å². The molecule has 0 aliphatic carbocycles. The number of rotatable bonds is 2. The van der Waals surface area contributed by atoms with Crippen LogP contribution in [0.25, 0.3) is 0 Å². The summed E-state index contributed by atoms with van der Waals surface area (Å²) in [7, 11) is 0. The van der Waals surface area contributed by atoms with Gasteiger partial charge in [-0.25, -0.2) is 0 Å². The first-order valence-corrected chi connectivity index (χ1v) is 6.48. The molecule has 2 nitrogen and oxygen atoms in total. The molecule has 0 radical (unpaired) electrons. The highest BCUT2D eigenvalue weighted by Crippen LogP contribution is 2.28. The zero-order valence-corrected chi connectivity index (χ0v) is 11.0. The van der Waals surface area contributed by atoms with Crippen LogP contribution < -0.4 is 5.32 Å². The van der Waals surface area contributed by atoms with Crippen LogP contribution in [0.15, 0.2) is 24.3 Å². The number of hydrogen-bond acceptors (Lipinski definition) is 2. The van der Waals surface area contributed by atoms with Crippen LogP contribution in [-0.4, -0.2) is 18.9 Å². The maximum atomic E-state index is 12.5. The van der Waals surface area contributed by atoms with E-state index in [1.807, 2.05) is 12.1 Å². The van der Waals surface area contributed by atoms with Gasteiger partial charge in [0.25, 0.3) is 0 Å². The van der Waals surface area contributed by atoms with E-state index in [4.69, 9.17) is 11.6 Å². The Kier molecular flexibility index (Phi) is 3.85. The fraction of sp³-hybridized carbons (Fsp3) is 0.500. The summed E-state index contributed by atoms with van der Waals surface area (Å²) in [5, 5.41) is 4.03. The van der Waals surface area contributed by atoms with Crippen LogP contribution in [-0.2, 0) is 0 Å². The molecule has 0 bridgehead atoms. The maximum absolute atomic E-state index is 12.5. The topological polar surface area (TPSA) is 29.1 Å². The van der Waals surface area contributed by atoms with Gasteiger partial charge < -0.3 is 5.32 Å². The van der Waals surface area contributed by atoms with E-state index in [0.717, 1.165) is 18.7 Å². The zero-order valence-electron chi connectivity index (χ0n) is 10.2. The van der Waals surface area contributed by atoms with Crippen LogP contribution in [0.1, 0.15) is 24.2 Å². The van der Waals surface area contributed by atoms with Gasteiger partial charge >= 0.3 is 0 Å². The third kappa shape index (κ3) is 2.70. The molecular formula is C14H18ClNO. The number of nitrogens with one attached hydrogen (secondary N) is 1. The van der Waals surface area contributed by atoms with Crippen LogP contribution in [0.2, 0.25) is 5.02 Å². The van der Waals surface area contributed by atoms with Gasteiger partial charge in [0.15, 0.2) is 5.78 Å². The smallest absolute Gasteiger partial charge is 0.166 e. The molecule has 17 heavy (non-hydrogen) atoms. The van der Waals surface area contributed by atoms with Crippen molar-refractivity contribution in [3.8, 4) is 0 Å². The lowest BCUT2D eigenvalue weighted by atomic mass is 9.76. The van der Waals surface area contributed by atoms with E-state index < -0.39 is 0 Å².